The quantitative estimate of drug-likeness (QED) is 0.592. The predicted octanol–water partition coefficient (Wildman–Crippen LogP) is 3.72. The van der Waals surface area contributed by atoms with Crippen LogP contribution in [0.4, 0.5) is 10.1 Å². The third-order valence-electron chi connectivity index (χ3n) is 3.96. The van der Waals surface area contributed by atoms with Crippen LogP contribution in [0, 0.1) is 12.7 Å². The molecule has 0 atom stereocenters. The SMILES string of the molecule is Cc1nc(-c2ccc(NC(=O)c3cc(F)cc4cnccc34)cc2)n[nH]1. The van der Waals surface area contributed by atoms with Gasteiger partial charge in [0.1, 0.15) is 11.6 Å². The summed E-state index contributed by atoms with van der Waals surface area (Å²) in [6.45, 7) is 1.82. The van der Waals surface area contributed by atoms with E-state index in [1.54, 1.807) is 24.4 Å². The van der Waals surface area contributed by atoms with Crippen LogP contribution in [0.3, 0.4) is 0 Å². The molecule has 2 N–H and O–H groups in total. The number of amides is 1. The molecule has 0 bridgehead atoms. The van der Waals surface area contributed by atoms with Crippen molar-refractivity contribution in [2.75, 3.05) is 5.32 Å². The zero-order valence-electron chi connectivity index (χ0n) is 13.8. The number of aryl methyl sites for hydroxylation is 1. The van der Waals surface area contributed by atoms with Gasteiger partial charge in [-0.25, -0.2) is 9.37 Å². The van der Waals surface area contributed by atoms with E-state index in [0.29, 0.717) is 22.3 Å². The largest absolute Gasteiger partial charge is 0.322 e. The van der Waals surface area contributed by atoms with Crippen molar-refractivity contribution in [2.24, 2.45) is 0 Å². The van der Waals surface area contributed by atoms with E-state index < -0.39 is 5.82 Å². The number of rotatable bonds is 3. The van der Waals surface area contributed by atoms with E-state index in [-0.39, 0.29) is 11.5 Å². The molecule has 2 aromatic carbocycles. The molecule has 1 amide bonds. The summed E-state index contributed by atoms with van der Waals surface area (Å²) in [5, 5.41) is 10.9. The first-order chi connectivity index (χ1) is 12.6. The highest BCUT2D eigenvalue weighted by molar-refractivity contribution is 6.12. The summed E-state index contributed by atoms with van der Waals surface area (Å²) in [6, 6.07) is 11.4. The summed E-state index contributed by atoms with van der Waals surface area (Å²) in [7, 11) is 0. The van der Waals surface area contributed by atoms with Gasteiger partial charge in [-0.1, -0.05) is 0 Å². The molecule has 4 rings (SSSR count). The fourth-order valence-corrected chi connectivity index (χ4v) is 2.73. The van der Waals surface area contributed by atoms with Crippen LogP contribution in [0.25, 0.3) is 22.2 Å². The van der Waals surface area contributed by atoms with Gasteiger partial charge in [0, 0.05) is 29.0 Å². The Hall–Kier alpha value is -3.61. The van der Waals surface area contributed by atoms with E-state index in [1.807, 2.05) is 19.1 Å². The van der Waals surface area contributed by atoms with Crippen molar-refractivity contribution in [3.63, 3.8) is 0 Å². The highest BCUT2D eigenvalue weighted by Crippen LogP contribution is 2.22. The molecule has 7 heteroatoms. The second-order valence-electron chi connectivity index (χ2n) is 5.83. The number of fused-ring (bicyclic) bond motifs is 1. The van der Waals surface area contributed by atoms with Gasteiger partial charge in [0.25, 0.3) is 5.91 Å². The van der Waals surface area contributed by atoms with Gasteiger partial charge in [0.15, 0.2) is 5.82 Å². The fraction of sp³-hybridized carbons (Fsp3) is 0.0526. The third kappa shape index (κ3) is 3.02. The fourth-order valence-electron chi connectivity index (χ4n) is 2.73. The van der Waals surface area contributed by atoms with Crippen molar-refractivity contribution < 1.29 is 9.18 Å². The topological polar surface area (TPSA) is 83.6 Å². The standard InChI is InChI=1S/C19H14FN5O/c1-11-22-18(25-24-11)12-2-4-15(5-3-12)23-19(26)17-9-14(20)8-13-10-21-7-6-16(13)17/h2-10H,1H3,(H,23,26)(H,22,24,25). The van der Waals surface area contributed by atoms with Gasteiger partial charge in [-0.15, -0.1) is 0 Å². The van der Waals surface area contributed by atoms with Crippen LogP contribution in [-0.4, -0.2) is 26.1 Å². The van der Waals surface area contributed by atoms with Crippen molar-refractivity contribution in [3.8, 4) is 11.4 Å². The van der Waals surface area contributed by atoms with E-state index in [1.165, 1.54) is 18.3 Å². The molecule has 0 saturated heterocycles. The number of aromatic nitrogens is 4. The zero-order chi connectivity index (χ0) is 18.1. The van der Waals surface area contributed by atoms with Gasteiger partial charge in [0.05, 0.1) is 5.56 Å². The molecule has 0 saturated carbocycles. The van der Waals surface area contributed by atoms with Crippen molar-refractivity contribution in [1.82, 2.24) is 20.2 Å². The van der Waals surface area contributed by atoms with Crippen LogP contribution in [-0.2, 0) is 0 Å². The number of pyridine rings is 1. The Kier molecular flexibility index (Phi) is 3.89. The van der Waals surface area contributed by atoms with E-state index in [4.69, 9.17) is 0 Å². The van der Waals surface area contributed by atoms with E-state index >= 15 is 0 Å². The lowest BCUT2D eigenvalue weighted by Gasteiger charge is -2.09. The molecule has 6 nitrogen and oxygen atoms in total. The number of aromatic amines is 1. The molecule has 4 aromatic rings. The van der Waals surface area contributed by atoms with Crippen molar-refractivity contribution in [2.45, 2.75) is 6.92 Å². The van der Waals surface area contributed by atoms with E-state index in [9.17, 15) is 9.18 Å². The summed E-state index contributed by atoms with van der Waals surface area (Å²) in [5.74, 6) is 0.446. The first kappa shape index (κ1) is 15.9. The Morgan fingerprint density at radius 3 is 2.69 bits per heavy atom. The average molecular weight is 347 g/mol. The molecule has 0 aliphatic carbocycles. The highest BCUT2D eigenvalue weighted by atomic mass is 19.1. The van der Waals surface area contributed by atoms with E-state index in [0.717, 1.165) is 11.4 Å². The summed E-state index contributed by atoms with van der Waals surface area (Å²) in [5.41, 5.74) is 1.68. The molecule has 0 radical (unpaired) electrons. The number of H-pyrrole nitrogens is 1. The molecule has 0 aliphatic heterocycles. The predicted molar refractivity (Wildman–Crippen MR) is 96.2 cm³/mol. The molecule has 0 unspecified atom stereocenters. The maximum absolute atomic E-state index is 13.8. The second kappa shape index (κ2) is 6.36. The van der Waals surface area contributed by atoms with Gasteiger partial charge in [-0.3, -0.25) is 14.9 Å². The van der Waals surface area contributed by atoms with Crippen molar-refractivity contribution >= 4 is 22.4 Å². The lowest BCUT2D eigenvalue weighted by Crippen LogP contribution is -2.12. The van der Waals surface area contributed by atoms with Crippen LogP contribution in [0.2, 0.25) is 0 Å². The summed E-state index contributed by atoms with van der Waals surface area (Å²) < 4.78 is 13.8. The lowest BCUT2D eigenvalue weighted by atomic mass is 10.1. The molecule has 2 aromatic heterocycles. The van der Waals surface area contributed by atoms with Gasteiger partial charge in [-0.2, -0.15) is 5.10 Å². The number of nitrogens with zero attached hydrogens (tertiary/aromatic N) is 3. The van der Waals surface area contributed by atoms with Crippen LogP contribution in [0.15, 0.2) is 54.9 Å². The first-order valence-corrected chi connectivity index (χ1v) is 7.94. The minimum atomic E-state index is -0.481. The number of carbonyl (C=O) groups excluding carboxylic acids is 1. The smallest absolute Gasteiger partial charge is 0.256 e. The monoisotopic (exact) mass is 347 g/mol. The minimum Gasteiger partial charge on any atom is -0.322 e. The number of halogens is 1. The van der Waals surface area contributed by atoms with Crippen LogP contribution >= 0.6 is 0 Å². The number of nitrogens with one attached hydrogen (secondary N) is 2. The molecular formula is C19H14FN5O. The van der Waals surface area contributed by atoms with Gasteiger partial charge < -0.3 is 5.32 Å². The Morgan fingerprint density at radius 2 is 1.96 bits per heavy atom. The molecule has 0 spiro atoms. The molecule has 0 fully saturated rings. The Labute approximate surface area is 148 Å². The second-order valence-corrected chi connectivity index (χ2v) is 5.83. The summed E-state index contributed by atoms with van der Waals surface area (Å²) >= 11 is 0. The zero-order valence-corrected chi connectivity index (χ0v) is 13.8. The molecular weight excluding hydrogens is 333 g/mol. The van der Waals surface area contributed by atoms with Crippen LogP contribution in [0.5, 0.6) is 0 Å². The molecule has 26 heavy (non-hydrogen) atoms. The number of benzene rings is 2. The molecule has 0 aliphatic rings. The third-order valence-corrected chi connectivity index (χ3v) is 3.96. The maximum atomic E-state index is 13.8. The van der Waals surface area contributed by atoms with Gasteiger partial charge in [-0.05, 0) is 54.8 Å². The Morgan fingerprint density at radius 1 is 1.15 bits per heavy atom. The number of hydrogen-bond donors (Lipinski definition) is 2. The van der Waals surface area contributed by atoms with Crippen LogP contribution in [0.1, 0.15) is 16.2 Å². The van der Waals surface area contributed by atoms with Crippen molar-refractivity contribution in [1.29, 1.82) is 0 Å². The Balaban J connectivity index is 1.61. The average Bonchev–Trinajstić information content (AvgIpc) is 3.08. The number of hydrogen-bond acceptors (Lipinski definition) is 4. The van der Waals surface area contributed by atoms with Crippen molar-refractivity contribution in [3.05, 3.63) is 72.1 Å². The first-order valence-electron chi connectivity index (χ1n) is 7.94. The highest BCUT2D eigenvalue weighted by Gasteiger charge is 2.13. The van der Waals surface area contributed by atoms with E-state index in [2.05, 4.69) is 25.5 Å². The number of carbonyl (C=O) groups is 1. The molecule has 128 valence electrons. The summed E-state index contributed by atoms with van der Waals surface area (Å²) in [4.78, 5) is 20.8. The minimum absolute atomic E-state index is 0.260. The Bertz CT molecular complexity index is 1100. The summed E-state index contributed by atoms with van der Waals surface area (Å²) in [6.07, 6.45) is 3.10. The normalized spacial score (nSPS) is 10.8. The maximum Gasteiger partial charge on any atom is 0.256 e. The lowest BCUT2D eigenvalue weighted by molar-refractivity contribution is 0.102. The molecule has 2 heterocycles. The van der Waals surface area contributed by atoms with Gasteiger partial charge >= 0.3 is 0 Å². The number of anilines is 1. The van der Waals surface area contributed by atoms with Crippen LogP contribution < -0.4 is 5.32 Å². The van der Waals surface area contributed by atoms with Gasteiger partial charge in [0.2, 0.25) is 0 Å².